The Labute approximate surface area is 182 Å². The molecule has 0 radical (unpaired) electrons. The second-order valence-corrected chi connectivity index (χ2v) is 7.96. The van der Waals surface area contributed by atoms with E-state index in [0.717, 1.165) is 10.9 Å². The summed E-state index contributed by atoms with van der Waals surface area (Å²) in [7, 11) is 1.46. The predicted octanol–water partition coefficient (Wildman–Crippen LogP) is 2.01. The maximum Gasteiger partial charge on any atom is 0.163 e. The monoisotopic (exact) mass is 451 g/mol. The molecule has 4 rings (SSSR count). The van der Waals surface area contributed by atoms with Gasteiger partial charge in [-0.15, -0.1) is 0 Å². The Hall–Kier alpha value is -2.20. The first-order valence-corrected chi connectivity index (χ1v) is 10.1. The van der Waals surface area contributed by atoms with Gasteiger partial charge in [0.15, 0.2) is 6.23 Å². The van der Waals surface area contributed by atoms with Crippen molar-refractivity contribution in [2.75, 3.05) is 13.7 Å². The van der Waals surface area contributed by atoms with Crippen molar-refractivity contribution in [3.05, 3.63) is 64.6 Å². The van der Waals surface area contributed by atoms with Gasteiger partial charge in [-0.05, 0) is 23.3 Å². The first kappa shape index (κ1) is 22.0. The molecule has 7 nitrogen and oxygen atoms in total. The highest BCUT2D eigenvalue weighted by molar-refractivity contribution is 6.35. The molecule has 2 aromatic carbocycles. The predicted molar refractivity (Wildman–Crippen MR) is 112 cm³/mol. The molecule has 0 saturated carbocycles. The Balaban J connectivity index is 1.79. The van der Waals surface area contributed by atoms with Gasteiger partial charge in [-0.1, -0.05) is 29.8 Å². The van der Waals surface area contributed by atoms with Gasteiger partial charge in [0.1, 0.15) is 36.0 Å². The van der Waals surface area contributed by atoms with E-state index >= 15 is 0 Å². The van der Waals surface area contributed by atoms with Crippen molar-refractivity contribution in [2.24, 2.45) is 0 Å². The molecule has 0 aliphatic carbocycles. The van der Waals surface area contributed by atoms with Crippen LogP contribution in [0.3, 0.4) is 0 Å². The summed E-state index contributed by atoms with van der Waals surface area (Å²) in [6, 6.07) is 9.85. The smallest absolute Gasteiger partial charge is 0.163 e. The lowest BCUT2D eigenvalue weighted by molar-refractivity contribution is -0.250. The second kappa shape index (κ2) is 8.74. The molecule has 0 bridgehead atoms. The van der Waals surface area contributed by atoms with Crippen molar-refractivity contribution in [2.45, 2.75) is 37.1 Å². The van der Waals surface area contributed by atoms with Crippen molar-refractivity contribution >= 4 is 22.5 Å². The Morgan fingerprint density at radius 1 is 1.10 bits per heavy atom. The fourth-order valence-corrected chi connectivity index (χ4v) is 4.27. The zero-order chi connectivity index (χ0) is 22.3. The van der Waals surface area contributed by atoms with Crippen LogP contribution in [0.25, 0.3) is 10.9 Å². The summed E-state index contributed by atoms with van der Waals surface area (Å²) in [6.45, 7) is -0.543. The Kier molecular flexibility index (Phi) is 6.20. The van der Waals surface area contributed by atoms with Gasteiger partial charge in [0, 0.05) is 24.1 Å². The largest absolute Gasteiger partial charge is 0.497 e. The molecular weight excluding hydrogens is 429 g/mol. The average molecular weight is 452 g/mol. The molecule has 1 aromatic heterocycles. The molecule has 31 heavy (non-hydrogen) atoms. The molecule has 0 amide bonds. The minimum Gasteiger partial charge on any atom is -0.497 e. The number of aliphatic hydroxyl groups excluding tert-OH is 4. The first-order chi connectivity index (χ1) is 14.8. The lowest BCUT2D eigenvalue weighted by atomic mass is 9.98. The molecule has 1 aliphatic rings. The first-order valence-electron chi connectivity index (χ1n) is 9.76. The topological polar surface area (TPSA) is 104 Å². The fourth-order valence-electron chi connectivity index (χ4n) is 4.00. The number of methoxy groups -OCH3 is 1. The van der Waals surface area contributed by atoms with Crippen molar-refractivity contribution in [3.8, 4) is 5.75 Å². The zero-order valence-electron chi connectivity index (χ0n) is 16.7. The lowest BCUT2D eigenvalue weighted by Gasteiger charge is -2.40. The molecule has 9 heteroatoms. The highest BCUT2D eigenvalue weighted by Gasteiger charge is 2.44. The van der Waals surface area contributed by atoms with Gasteiger partial charge in [-0.3, -0.25) is 0 Å². The number of rotatable bonds is 5. The summed E-state index contributed by atoms with van der Waals surface area (Å²) >= 11 is 6.44. The number of aromatic nitrogens is 1. The minimum absolute atomic E-state index is 0.233. The number of fused-ring (bicyclic) bond motifs is 1. The van der Waals surface area contributed by atoms with Gasteiger partial charge in [0.2, 0.25) is 0 Å². The van der Waals surface area contributed by atoms with E-state index in [4.69, 9.17) is 21.1 Å². The van der Waals surface area contributed by atoms with Crippen LogP contribution in [0.1, 0.15) is 17.4 Å². The molecule has 5 atom stereocenters. The maximum absolute atomic E-state index is 14.6. The molecule has 4 N–H and O–H groups in total. The van der Waals surface area contributed by atoms with Crippen molar-refractivity contribution in [3.63, 3.8) is 0 Å². The number of ether oxygens (including phenoxy) is 2. The minimum atomic E-state index is -1.53. The van der Waals surface area contributed by atoms with E-state index in [1.807, 2.05) is 6.07 Å². The zero-order valence-corrected chi connectivity index (χ0v) is 17.4. The van der Waals surface area contributed by atoms with Crippen LogP contribution in [-0.4, -0.2) is 63.1 Å². The lowest BCUT2D eigenvalue weighted by Crippen LogP contribution is -2.56. The third kappa shape index (κ3) is 3.91. The molecular formula is C22H23ClFNO6. The molecule has 3 aromatic rings. The van der Waals surface area contributed by atoms with Crippen LogP contribution in [0.15, 0.2) is 42.6 Å². The van der Waals surface area contributed by atoms with Crippen molar-refractivity contribution < 1.29 is 34.3 Å². The molecule has 2 heterocycles. The Bertz CT molecular complexity index is 1090. The van der Waals surface area contributed by atoms with E-state index in [9.17, 15) is 24.8 Å². The van der Waals surface area contributed by atoms with Crippen LogP contribution in [0.5, 0.6) is 5.75 Å². The van der Waals surface area contributed by atoms with Gasteiger partial charge in [0.05, 0.1) is 24.3 Å². The highest BCUT2D eigenvalue weighted by Crippen LogP contribution is 2.37. The van der Waals surface area contributed by atoms with E-state index in [1.165, 1.54) is 13.2 Å². The molecule has 1 saturated heterocycles. The number of nitrogens with zero attached hydrogens (tertiary/aromatic N) is 1. The van der Waals surface area contributed by atoms with Crippen molar-refractivity contribution in [1.29, 1.82) is 0 Å². The third-order valence-electron chi connectivity index (χ3n) is 5.67. The molecule has 1 fully saturated rings. The van der Waals surface area contributed by atoms with Gasteiger partial charge in [0.25, 0.3) is 0 Å². The van der Waals surface area contributed by atoms with Gasteiger partial charge in [-0.25, -0.2) is 4.39 Å². The number of hydrogen-bond donors (Lipinski definition) is 4. The van der Waals surface area contributed by atoms with E-state index in [0.29, 0.717) is 21.9 Å². The van der Waals surface area contributed by atoms with Crippen LogP contribution >= 0.6 is 11.6 Å². The summed E-state index contributed by atoms with van der Waals surface area (Å²) < 4.78 is 26.9. The highest BCUT2D eigenvalue weighted by atomic mass is 35.5. The van der Waals surface area contributed by atoms with Crippen LogP contribution < -0.4 is 4.74 Å². The van der Waals surface area contributed by atoms with Gasteiger partial charge in [-0.2, -0.15) is 0 Å². The van der Waals surface area contributed by atoms with Gasteiger partial charge < -0.3 is 34.5 Å². The Morgan fingerprint density at radius 2 is 1.87 bits per heavy atom. The van der Waals surface area contributed by atoms with Crippen molar-refractivity contribution in [1.82, 2.24) is 4.57 Å². The average Bonchev–Trinajstić information content (AvgIpc) is 3.13. The number of benzene rings is 2. The third-order valence-corrected chi connectivity index (χ3v) is 5.97. The second-order valence-electron chi connectivity index (χ2n) is 7.55. The van der Waals surface area contributed by atoms with E-state index in [2.05, 4.69) is 0 Å². The molecule has 1 aliphatic heterocycles. The van der Waals surface area contributed by atoms with E-state index in [1.54, 1.807) is 35.0 Å². The molecule has 0 spiro atoms. The SMILES string of the molecule is COc1ccc(Cc2cn([C@@H]3O[C@H](CO)[C@@H](O)[C@H](O)[C@H]3O)c3c(Cl)cccc23)c(F)c1. The number of hydrogen-bond acceptors (Lipinski definition) is 6. The number of aliphatic hydroxyl groups is 4. The molecule has 166 valence electrons. The van der Waals surface area contributed by atoms with E-state index in [-0.39, 0.29) is 6.42 Å². The molecule has 0 unspecified atom stereocenters. The summed E-state index contributed by atoms with van der Waals surface area (Å²) in [6.07, 6.45) is -4.75. The number of para-hydroxylation sites is 1. The summed E-state index contributed by atoms with van der Waals surface area (Å²) in [5, 5.41) is 41.5. The van der Waals surface area contributed by atoms with E-state index < -0.39 is 43.1 Å². The van der Waals surface area contributed by atoms with Crippen LogP contribution in [0, 0.1) is 5.82 Å². The van der Waals surface area contributed by atoms with Crippen LogP contribution in [0.2, 0.25) is 5.02 Å². The normalized spacial score (nSPS) is 26.4. The Morgan fingerprint density at radius 3 is 2.55 bits per heavy atom. The quantitative estimate of drug-likeness (QED) is 0.473. The summed E-state index contributed by atoms with van der Waals surface area (Å²) in [5.41, 5.74) is 1.68. The summed E-state index contributed by atoms with van der Waals surface area (Å²) in [4.78, 5) is 0. The maximum atomic E-state index is 14.6. The van der Waals surface area contributed by atoms with Crippen LogP contribution in [-0.2, 0) is 11.2 Å². The van der Waals surface area contributed by atoms with Crippen LogP contribution in [0.4, 0.5) is 4.39 Å². The standard InChI is InChI=1S/C22H23ClFNO6/c1-30-13-6-5-11(16(24)8-13)7-12-9-25(18-14(12)3-2-4-15(18)23)22-21(29)20(28)19(27)17(10-26)31-22/h2-6,8-9,17,19-22,26-29H,7,10H2,1H3/t17-,19-,20+,21-,22-/m1/s1. The summed E-state index contributed by atoms with van der Waals surface area (Å²) in [5.74, 6) is -0.0110. The fraction of sp³-hybridized carbons (Fsp3) is 0.364. The number of halogens is 2. The van der Waals surface area contributed by atoms with Gasteiger partial charge >= 0.3 is 0 Å².